The zero-order valence-electron chi connectivity index (χ0n) is 9.39. The van der Waals surface area contributed by atoms with Gasteiger partial charge in [-0.2, -0.15) is 4.31 Å². The molecule has 0 aromatic heterocycles. The third-order valence-corrected chi connectivity index (χ3v) is 4.45. The summed E-state index contributed by atoms with van der Waals surface area (Å²) < 4.78 is 38.5. The Bertz CT molecular complexity index is 588. The van der Waals surface area contributed by atoms with Crippen LogP contribution < -0.4 is 11.1 Å². The number of hydrogen-bond acceptors (Lipinski definition) is 4. The zero-order chi connectivity index (χ0) is 13.3. The van der Waals surface area contributed by atoms with Crippen LogP contribution in [0, 0.1) is 5.82 Å². The third kappa shape index (κ3) is 2.29. The van der Waals surface area contributed by atoms with Gasteiger partial charge in [0.1, 0.15) is 5.82 Å². The summed E-state index contributed by atoms with van der Waals surface area (Å²) in [6, 6.07) is 3.27. The van der Waals surface area contributed by atoms with E-state index in [1.165, 1.54) is 12.1 Å². The van der Waals surface area contributed by atoms with E-state index in [1.807, 2.05) is 0 Å². The molecule has 0 aliphatic carbocycles. The fourth-order valence-electron chi connectivity index (χ4n) is 1.64. The molecular formula is C10H12FN3O3S. The molecule has 0 bridgehead atoms. The van der Waals surface area contributed by atoms with E-state index < -0.39 is 15.8 Å². The van der Waals surface area contributed by atoms with Gasteiger partial charge in [0.2, 0.25) is 15.9 Å². The van der Waals surface area contributed by atoms with Gasteiger partial charge in [-0.05, 0) is 18.2 Å². The normalized spacial score (nSPS) is 17.5. The van der Waals surface area contributed by atoms with E-state index in [0.717, 1.165) is 10.4 Å². The SMILES string of the molecule is Nc1ccc(S(=O)(=O)N2CCNC(=O)C2)cc1F. The van der Waals surface area contributed by atoms with Crippen LogP contribution in [0.2, 0.25) is 0 Å². The maximum Gasteiger partial charge on any atom is 0.243 e. The lowest BCUT2D eigenvalue weighted by atomic mass is 10.3. The topological polar surface area (TPSA) is 92.5 Å². The summed E-state index contributed by atoms with van der Waals surface area (Å²) in [5, 5.41) is 2.52. The van der Waals surface area contributed by atoms with Crippen molar-refractivity contribution in [1.82, 2.24) is 9.62 Å². The lowest BCUT2D eigenvalue weighted by Crippen LogP contribution is -2.49. The minimum absolute atomic E-state index is 0.120. The minimum atomic E-state index is -3.86. The van der Waals surface area contributed by atoms with Gasteiger partial charge >= 0.3 is 0 Å². The fraction of sp³-hybridized carbons (Fsp3) is 0.300. The number of sulfonamides is 1. The molecule has 1 aromatic carbocycles. The molecule has 1 heterocycles. The molecule has 6 nitrogen and oxygen atoms in total. The van der Waals surface area contributed by atoms with Crippen molar-refractivity contribution >= 4 is 21.6 Å². The number of amides is 1. The Morgan fingerprint density at radius 2 is 2.11 bits per heavy atom. The molecule has 0 saturated carbocycles. The molecule has 2 rings (SSSR count). The van der Waals surface area contributed by atoms with Crippen LogP contribution in [0.15, 0.2) is 23.1 Å². The molecule has 98 valence electrons. The Morgan fingerprint density at radius 1 is 1.39 bits per heavy atom. The van der Waals surface area contributed by atoms with Gasteiger partial charge in [-0.25, -0.2) is 12.8 Å². The van der Waals surface area contributed by atoms with Crippen LogP contribution in [0.4, 0.5) is 10.1 Å². The monoisotopic (exact) mass is 273 g/mol. The Morgan fingerprint density at radius 3 is 2.72 bits per heavy atom. The van der Waals surface area contributed by atoms with Crippen molar-refractivity contribution in [3.8, 4) is 0 Å². The Hall–Kier alpha value is -1.67. The summed E-state index contributed by atoms with van der Waals surface area (Å²) >= 11 is 0. The van der Waals surface area contributed by atoms with Gasteiger partial charge in [0.05, 0.1) is 17.1 Å². The number of piperazine rings is 1. The largest absolute Gasteiger partial charge is 0.396 e. The standard InChI is InChI=1S/C10H12FN3O3S/c11-8-5-7(1-2-9(8)12)18(16,17)14-4-3-13-10(15)6-14/h1-2,5H,3-4,6,12H2,(H,13,15). The Balaban J connectivity index is 2.35. The molecule has 18 heavy (non-hydrogen) atoms. The van der Waals surface area contributed by atoms with Gasteiger partial charge in [0.15, 0.2) is 0 Å². The molecule has 3 N–H and O–H groups in total. The van der Waals surface area contributed by atoms with Crippen molar-refractivity contribution in [2.45, 2.75) is 4.90 Å². The molecule has 1 aliphatic rings. The van der Waals surface area contributed by atoms with Crippen molar-refractivity contribution in [2.75, 3.05) is 25.4 Å². The number of rotatable bonds is 2. The Labute approximate surface area is 104 Å². The molecule has 1 saturated heterocycles. The fourth-order valence-corrected chi connectivity index (χ4v) is 3.05. The first-order valence-corrected chi connectivity index (χ1v) is 6.67. The summed E-state index contributed by atoms with van der Waals surface area (Å²) in [7, 11) is -3.86. The van der Waals surface area contributed by atoms with E-state index in [1.54, 1.807) is 0 Å². The van der Waals surface area contributed by atoms with Crippen molar-refractivity contribution in [1.29, 1.82) is 0 Å². The van der Waals surface area contributed by atoms with Crippen molar-refractivity contribution in [3.63, 3.8) is 0 Å². The number of nitrogens with one attached hydrogen (secondary N) is 1. The second kappa shape index (κ2) is 4.54. The molecule has 1 fully saturated rings. The number of carbonyl (C=O) groups excluding carboxylic acids is 1. The van der Waals surface area contributed by atoms with Gasteiger partial charge in [-0.1, -0.05) is 0 Å². The molecule has 8 heteroatoms. The van der Waals surface area contributed by atoms with Crippen LogP contribution in [0.25, 0.3) is 0 Å². The van der Waals surface area contributed by atoms with E-state index in [0.29, 0.717) is 0 Å². The van der Waals surface area contributed by atoms with Crippen molar-refractivity contribution < 1.29 is 17.6 Å². The first kappa shape index (κ1) is 12.8. The highest BCUT2D eigenvalue weighted by Crippen LogP contribution is 2.20. The zero-order valence-corrected chi connectivity index (χ0v) is 10.2. The number of nitrogen functional groups attached to an aromatic ring is 1. The van der Waals surface area contributed by atoms with Crippen LogP contribution in [-0.2, 0) is 14.8 Å². The molecular weight excluding hydrogens is 261 g/mol. The van der Waals surface area contributed by atoms with E-state index in [9.17, 15) is 17.6 Å². The number of benzene rings is 1. The van der Waals surface area contributed by atoms with Crippen molar-refractivity contribution in [2.24, 2.45) is 0 Å². The van der Waals surface area contributed by atoms with Gasteiger partial charge in [0.25, 0.3) is 0 Å². The second-order valence-corrected chi connectivity index (χ2v) is 5.81. The van der Waals surface area contributed by atoms with Gasteiger partial charge < -0.3 is 11.1 Å². The number of halogens is 1. The summed E-state index contributed by atoms with van der Waals surface area (Å²) in [4.78, 5) is 11.0. The quantitative estimate of drug-likeness (QED) is 0.712. The van der Waals surface area contributed by atoms with Crippen LogP contribution in [-0.4, -0.2) is 38.3 Å². The summed E-state index contributed by atoms with van der Waals surface area (Å²) in [6.07, 6.45) is 0. The van der Waals surface area contributed by atoms with E-state index in [4.69, 9.17) is 5.73 Å². The van der Waals surface area contributed by atoms with Crippen molar-refractivity contribution in [3.05, 3.63) is 24.0 Å². The van der Waals surface area contributed by atoms with Gasteiger partial charge in [0, 0.05) is 13.1 Å². The van der Waals surface area contributed by atoms with E-state index in [-0.39, 0.29) is 36.1 Å². The average Bonchev–Trinajstić information content (AvgIpc) is 2.32. The number of nitrogens with two attached hydrogens (primary N) is 1. The molecule has 0 spiro atoms. The summed E-state index contributed by atoms with van der Waals surface area (Å²) in [5.41, 5.74) is 5.16. The van der Waals surface area contributed by atoms with Crippen LogP contribution in [0.1, 0.15) is 0 Å². The number of carbonyl (C=O) groups is 1. The lowest BCUT2D eigenvalue weighted by Gasteiger charge is -2.25. The minimum Gasteiger partial charge on any atom is -0.396 e. The summed E-state index contributed by atoms with van der Waals surface area (Å²) in [5.74, 6) is -1.17. The highest BCUT2D eigenvalue weighted by molar-refractivity contribution is 7.89. The first-order chi connectivity index (χ1) is 8.41. The molecule has 0 atom stereocenters. The maximum absolute atomic E-state index is 13.3. The van der Waals surface area contributed by atoms with E-state index in [2.05, 4.69) is 5.32 Å². The molecule has 0 unspecified atom stereocenters. The van der Waals surface area contributed by atoms with Gasteiger partial charge in [-0.15, -0.1) is 0 Å². The Kier molecular flexibility index (Phi) is 3.22. The predicted molar refractivity (Wildman–Crippen MR) is 62.6 cm³/mol. The highest BCUT2D eigenvalue weighted by Gasteiger charge is 2.29. The van der Waals surface area contributed by atoms with Gasteiger partial charge in [-0.3, -0.25) is 4.79 Å². The predicted octanol–water partition coefficient (Wildman–Crippen LogP) is -0.472. The van der Waals surface area contributed by atoms with Crippen LogP contribution in [0.3, 0.4) is 0 Å². The molecule has 1 aromatic rings. The molecule has 1 amide bonds. The van der Waals surface area contributed by atoms with Crippen LogP contribution >= 0.6 is 0 Å². The van der Waals surface area contributed by atoms with E-state index >= 15 is 0 Å². The number of nitrogens with zero attached hydrogens (tertiary/aromatic N) is 1. The third-order valence-electron chi connectivity index (χ3n) is 2.61. The first-order valence-electron chi connectivity index (χ1n) is 5.23. The second-order valence-electron chi connectivity index (χ2n) is 3.87. The lowest BCUT2D eigenvalue weighted by molar-refractivity contribution is -0.122. The summed E-state index contributed by atoms with van der Waals surface area (Å²) in [6.45, 7) is 0.157. The maximum atomic E-state index is 13.3. The smallest absolute Gasteiger partial charge is 0.243 e. The van der Waals surface area contributed by atoms with Crippen LogP contribution in [0.5, 0.6) is 0 Å². The average molecular weight is 273 g/mol. The molecule has 1 aliphatic heterocycles. The molecule has 0 radical (unpaired) electrons. The number of hydrogen-bond donors (Lipinski definition) is 2. The highest BCUT2D eigenvalue weighted by atomic mass is 32.2. The number of anilines is 1.